The largest absolute Gasteiger partial charge is 0.389 e. The molecule has 0 amide bonds. The Morgan fingerprint density at radius 3 is 2.71 bits per heavy atom. The number of carbonyl (C=O) groups excluding carboxylic acids is 1. The van der Waals surface area contributed by atoms with E-state index in [1.165, 1.54) is 6.08 Å². The molecule has 0 unspecified atom stereocenters. The summed E-state index contributed by atoms with van der Waals surface area (Å²) in [5.74, 6) is 0. The van der Waals surface area contributed by atoms with E-state index < -0.39 is 11.5 Å². The molecule has 3 heteroatoms. The van der Waals surface area contributed by atoms with Crippen LogP contribution < -0.4 is 0 Å². The molecule has 0 aliphatic carbocycles. The molecule has 82 valence electrons. The monoisotopic (exact) mass is 200 g/mol. The normalized spacial score (nSPS) is 17.1. The molecule has 0 aromatic heterocycles. The molecular formula is C11H20O3. The lowest BCUT2D eigenvalue weighted by Gasteiger charge is -2.24. The minimum atomic E-state index is -0.897. The highest BCUT2D eigenvalue weighted by atomic mass is 16.5. The average molecular weight is 200 g/mol. The van der Waals surface area contributed by atoms with Gasteiger partial charge in [0.2, 0.25) is 0 Å². The van der Waals surface area contributed by atoms with Crippen LogP contribution in [0.5, 0.6) is 0 Å². The quantitative estimate of drug-likeness (QED) is 0.367. The summed E-state index contributed by atoms with van der Waals surface area (Å²) in [4.78, 5) is 10.7. The summed E-state index contributed by atoms with van der Waals surface area (Å²) in [7, 11) is 0. The van der Waals surface area contributed by atoms with E-state index in [4.69, 9.17) is 4.74 Å². The van der Waals surface area contributed by atoms with Crippen LogP contribution >= 0.6 is 0 Å². The van der Waals surface area contributed by atoms with Gasteiger partial charge in [-0.2, -0.15) is 0 Å². The predicted molar refractivity (Wildman–Crippen MR) is 56.1 cm³/mol. The van der Waals surface area contributed by atoms with Gasteiger partial charge in [-0.15, -0.1) is 6.58 Å². The molecule has 0 heterocycles. The van der Waals surface area contributed by atoms with Crippen molar-refractivity contribution in [1.82, 2.24) is 0 Å². The second-order valence-electron chi connectivity index (χ2n) is 3.63. The van der Waals surface area contributed by atoms with Crippen LogP contribution in [0.4, 0.5) is 0 Å². The van der Waals surface area contributed by atoms with Crippen molar-refractivity contribution in [3.8, 4) is 0 Å². The van der Waals surface area contributed by atoms with Gasteiger partial charge in [0.15, 0.2) is 0 Å². The molecule has 2 atom stereocenters. The molecule has 14 heavy (non-hydrogen) atoms. The van der Waals surface area contributed by atoms with Gasteiger partial charge in [-0.25, -0.2) is 0 Å². The molecule has 0 rings (SSSR count). The maximum absolute atomic E-state index is 10.7. The summed E-state index contributed by atoms with van der Waals surface area (Å²) >= 11 is 0. The second-order valence-corrected chi connectivity index (χ2v) is 3.63. The summed E-state index contributed by atoms with van der Waals surface area (Å²) in [5, 5.41) is 9.64. The first-order valence-corrected chi connectivity index (χ1v) is 4.96. The smallest absolute Gasteiger partial charge is 0.132 e. The van der Waals surface area contributed by atoms with Crippen molar-refractivity contribution in [2.75, 3.05) is 13.2 Å². The summed E-state index contributed by atoms with van der Waals surface area (Å²) in [5.41, 5.74) is -0.897. The van der Waals surface area contributed by atoms with Crippen molar-refractivity contribution in [2.24, 2.45) is 5.41 Å². The van der Waals surface area contributed by atoms with Gasteiger partial charge in [-0.3, -0.25) is 0 Å². The molecule has 0 bridgehead atoms. The van der Waals surface area contributed by atoms with Crippen molar-refractivity contribution < 1.29 is 14.6 Å². The molecular weight excluding hydrogens is 180 g/mol. The van der Waals surface area contributed by atoms with Gasteiger partial charge in [-0.05, 0) is 13.3 Å². The van der Waals surface area contributed by atoms with Gasteiger partial charge in [0, 0.05) is 6.61 Å². The van der Waals surface area contributed by atoms with Gasteiger partial charge >= 0.3 is 0 Å². The van der Waals surface area contributed by atoms with E-state index in [1.807, 2.05) is 0 Å². The molecule has 3 nitrogen and oxygen atoms in total. The number of aliphatic hydroxyl groups is 1. The molecule has 0 radical (unpaired) electrons. The number of hydrogen-bond acceptors (Lipinski definition) is 3. The van der Waals surface area contributed by atoms with Crippen molar-refractivity contribution in [3.63, 3.8) is 0 Å². The number of unbranched alkanes of at least 4 members (excludes halogenated alkanes) is 1. The minimum Gasteiger partial charge on any atom is -0.389 e. The third-order valence-corrected chi connectivity index (χ3v) is 2.33. The summed E-state index contributed by atoms with van der Waals surface area (Å²) in [6, 6.07) is 0. The fourth-order valence-electron chi connectivity index (χ4n) is 0.884. The summed E-state index contributed by atoms with van der Waals surface area (Å²) in [6.45, 7) is 8.04. The first kappa shape index (κ1) is 13.3. The van der Waals surface area contributed by atoms with Crippen molar-refractivity contribution >= 4 is 6.29 Å². The van der Waals surface area contributed by atoms with Crippen molar-refractivity contribution in [3.05, 3.63) is 12.7 Å². The van der Waals surface area contributed by atoms with Crippen LogP contribution in [0.3, 0.4) is 0 Å². The van der Waals surface area contributed by atoms with Crippen LogP contribution in [0.15, 0.2) is 12.7 Å². The van der Waals surface area contributed by atoms with Crippen LogP contribution in [-0.4, -0.2) is 30.7 Å². The van der Waals surface area contributed by atoms with Crippen LogP contribution in [0.1, 0.15) is 26.7 Å². The molecule has 0 saturated carbocycles. The predicted octanol–water partition coefficient (Wildman–Crippen LogP) is 1.56. The number of aldehydes is 1. The highest BCUT2D eigenvalue weighted by Crippen LogP contribution is 2.19. The zero-order valence-corrected chi connectivity index (χ0v) is 9.03. The maximum atomic E-state index is 10.7. The van der Waals surface area contributed by atoms with E-state index >= 15 is 0 Å². The van der Waals surface area contributed by atoms with E-state index in [0.717, 1.165) is 12.8 Å². The zero-order chi connectivity index (χ0) is 11.0. The Hall–Kier alpha value is -0.670. The van der Waals surface area contributed by atoms with Crippen LogP contribution in [0.25, 0.3) is 0 Å². The fraction of sp³-hybridized carbons (Fsp3) is 0.727. The molecule has 0 aromatic rings. The van der Waals surface area contributed by atoms with E-state index in [9.17, 15) is 9.90 Å². The van der Waals surface area contributed by atoms with E-state index in [1.54, 1.807) is 6.92 Å². The Balaban J connectivity index is 3.87. The van der Waals surface area contributed by atoms with Crippen LogP contribution in [0, 0.1) is 5.41 Å². The molecule has 0 aliphatic rings. The standard InChI is InChI=1S/C11H20O3/c1-4-6-7-14-8-10(13)11(3,5-2)9-12/h5,9-10,13H,2,4,6-8H2,1,3H3/t10-,11-/m1/s1. The van der Waals surface area contributed by atoms with E-state index in [2.05, 4.69) is 13.5 Å². The highest BCUT2D eigenvalue weighted by molar-refractivity contribution is 5.62. The van der Waals surface area contributed by atoms with Gasteiger partial charge in [-0.1, -0.05) is 19.4 Å². The van der Waals surface area contributed by atoms with Crippen molar-refractivity contribution in [1.29, 1.82) is 0 Å². The highest BCUT2D eigenvalue weighted by Gasteiger charge is 2.29. The Morgan fingerprint density at radius 2 is 2.29 bits per heavy atom. The lowest BCUT2D eigenvalue weighted by Crippen LogP contribution is -2.35. The Morgan fingerprint density at radius 1 is 1.64 bits per heavy atom. The van der Waals surface area contributed by atoms with Crippen molar-refractivity contribution in [2.45, 2.75) is 32.8 Å². The maximum Gasteiger partial charge on any atom is 0.132 e. The van der Waals surface area contributed by atoms with E-state index in [0.29, 0.717) is 12.9 Å². The number of hydrogen-bond donors (Lipinski definition) is 1. The molecule has 0 saturated heterocycles. The van der Waals surface area contributed by atoms with Gasteiger partial charge in [0.1, 0.15) is 6.29 Å². The summed E-state index contributed by atoms with van der Waals surface area (Å²) in [6.07, 6.45) is 3.37. The molecule has 0 spiro atoms. The molecule has 1 N–H and O–H groups in total. The first-order valence-electron chi connectivity index (χ1n) is 4.96. The van der Waals surface area contributed by atoms with Gasteiger partial charge in [0.05, 0.1) is 18.1 Å². The zero-order valence-electron chi connectivity index (χ0n) is 9.03. The number of ether oxygens (including phenoxy) is 1. The topological polar surface area (TPSA) is 46.5 Å². The van der Waals surface area contributed by atoms with Crippen LogP contribution in [0.2, 0.25) is 0 Å². The van der Waals surface area contributed by atoms with Crippen LogP contribution in [-0.2, 0) is 9.53 Å². The second kappa shape index (κ2) is 6.74. The number of carbonyl (C=O) groups is 1. The van der Waals surface area contributed by atoms with E-state index in [-0.39, 0.29) is 6.61 Å². The third-order valence-electron chi connectivity index (χ3n) is 2.33. The Kier molecular flexibility index (Phi) is 6.41. The Labute approximate surface area is 85.8 Å². The number of rotatable bonds is 8. The average Bonchev–Trinajstić information content (AvgIpc) is 2.22. The lowest BCUT2D eigenvalue weighted by molar-refractivity contribution is -0.120. The van der Waals surface area contributed by atoms with Gasteiger partial charge < -0.3 is 14.6 Å². The number of aliphatic hydroxyl groups excluding tert-OH is 1. The third kappa shape index (κ3) is 4.03. The van der Waals surface area contributed by atoms with Gasteiger partial charge in [0.25, 0.3) is 0 Å². The first-order chi connectivity index (χ1) is 6.60. The fourth-order valence-corrected chi connectivity index (χ4v) is 0.884. The Bertz CT molecular complexity index is 169. The molecule has 0 aromatic carbocycles. The molecule has 0 aliphatic heterocycles. The molecule has 0 fully saturated rings. The SMILES string of the molecule is C=C[C@](C)(C=O)[C@H](O)COCCCC. The summed E-state index contributed by atoms with van der Waals surface area (Å²) < 4.78 is 5.23. The minimum absolute atomic E-state index is 0.182. The lowest BCUT2D eigenvalue weighted by atomic mass is 9.86.